The van der Waals surface area contributed by atoms with Crippen molar-refractivity contribution in [3.63, 3.8) is 0 Å². The zero-order valence-electron chi connectivity index (χ0n) is 11.9. The Morgan fingerprint density at radius 1 is 1.11 bits per heavy atom. The highest BCUT2D eigenvalue weighted by atomic mass is 16.5. The highest BCUT2D eigenvalue weighted by molar-refractivity contribution is 5.31. The third-order valence-corrected chi connectivity index (χ3v) is 3.75. The van der Waals surface area contributed by atoms with Gasteiger partial charge in [0.15, 0.2) is 0 Å². The number of rotatable bonds is 2. The topological polar surface area (TPSA) is 54.6 Å². The van der Waals surface area contributed by atoms with Crippen LogP contribution >= 0.6 is 0 Å². The van der Waals surface area contributed by atoms with Crippen LogP contribution in [0.15, 0.2) is 4.42 Å². The lowest BCUT2D eigenvalue weighted by Gasteiger charge is -2.45. The lowest BCUT2D eigenvalue weighted by Crippen LogP contribution is -2.61. The fourth-order valence-corrected chi connectivity index (χ4v) is 2.43. The van der Waals surface area contributed by atoms with E-state index in [9.17, 15) is 0 Å². The molecule has 0 N–H and O–H groups in total. The van der Waals surface area contributed by atoms with Crippen molar-refractivity contribution in [2.45, 2.75) is 32.2 Å². The Hall–Kier alpha value is -1.14. The summed E-state index contributed by atoms with van der Waals surface area (Å²) in [4.78, 5) is 4.64. The van der Waals surface area contributed by atoms with E-state index in [0.29, 0.717) is 17.9 Å². The van der Waals surface area contributed by atoms with Crippen LogP contribution in [0.4, 0.5) is 6.01 Å². The predicted octanol–water partition coefficient (Wildman–Crippen LogP) is 0.888. The van der Waals surface area contributed by atoms with Gasteiger partial charge in [-0.15, -0.1) is 5.10 Å². The molecule has 106 valence electrons. The molecule has 19 heavy (non-hydrogen) atoms. The SMILES string of the molecule is CC(C)(C)c1nnc(N2CC(N3CCOCC3)C2)o1. The van der Waals surface area contributed by atoms with Crippen LogP contribution in [0.5, 0.6) is 0 Å². The van der Waals surface area contributed by atoms with Gasteiger partial charge in [0, 0.05) is 37.6 Å². The summed E-state index contributed by atoms with van der Waals surface area (Å²) in [6.07, 6.45) is 0. The van der Waals surface area contributed by atoms with E-state index in [1.54, 1.807) is 0 Å². The van der Waals surface area contributed by atoms with Gasteiger partial charge in [-0.3, -0.25) is 4.90 Å². The molecule has 0 bridgehead atoms. The van der Waals surface area contributed by atoms with E-state index < -0.39 is 0 Å². The minimum atomic E-state index is -0.0836. The van der Waals surface area contributed by atoms with Gasteiger partial charge >= 0.3 is 6.01 Å². The summed E-state index contributed by atoms with van der Waals surface area (Å²) in [5.74, 6) is 0.706. The molecule has 0 aliphatic carbocycles. The fourth-order valence-electron chi connectivity index (χ4n) is 2.43. The molecule has 0 unspecified atom stereocenters. The van der Waals surface area contributed by atoms with Crippen molar-refractivity contribution in [3.8, 4) is 0 Å². The van der Waals surface area contributed by atoms with Crippen molar-refractivity contribution in [1.29, 1.82) is 0 Å². The number of aromatic nitrogens is 2. The van der Waals surface area contributed by atoms with Gasteiger partial charge < -0.3 is 14.1 Å². The Morgan fingerprint density at radius 2 is 1.79 bits per heavy atom. The average molecular weight is 266 g/mol. The zero-order chi connectivity index (χ0) is 13.5. The quantitative estimate of drug-likeness (QED) is 0.792. The summed E-state index contributed by atoms with van der Waals surface area (Å²) in [5, 5.41) is 8.29. The van der Waals surface area contributed by atoms with E-state index in [2.05, 4.69) is 40.8 Å². The third kappa shape index (κ3) is 2.60. The van der Waals surface area contributed by atoms with Crippen LogP contribution in [0.25, 0.3) is 0 Å². The number of hydrogen-bond acceptors (Lipinski definition) is 6. The van der Waals surface area contributed by atoms with Gasteiger partial charge in [0.25, 0.3) is 0 Å². The Kier molecular flexibility index (Phi) is 3.22. The zero-order valence-corrected chi connectivity index (χ0v) is 11.9. The Bertz CT molecular complexity index is 428. The molecule has 1 aromatic rings. The van der Waals surface area contributed by atoms with Crippen LogP contribution in [0, 0.1) is 0 Å². The molecule has 2 aliphatic rings. The lowest BCUT2D eigenvalue weighted by atomic mass is 9.97. The van der Waals surface area contributed by atoms with E-state index >= 15 is 0 Å². The summed E-state index contributed by atoms with van der Waals surface area (Å²) < 4.78 is 11.1. The van der Waals surface area contributed by atoms with Crippen molar-refractivity contribution < 1.29 is 9.15 Å². The molecule has 6 nitrogen and oxygen atoms in total. The Morgan fingerprint density at radius 3 is 2.37 bits per heavy atom. The van der Waals surface area contributed by atoms with Crippen molar-refractivity contribution in [2.24, 2.45) is 0 Å². The number of nitrogens with zero attached hydrogens (tertiary/aromatic N) is 4. The molecular formula is C13H22N4O2. The molecule has 0 radical (unpaired) electrons. The summed E-state index contributed by atoms with van der Waals surface area (Å²) >= 11 is 0. The molecule has 0 spiro atoms. The molecule has 0 amide bonds. The smallest absolute Gasteiger partial charge is 0.318 e. The molecule has 6 heteroatoms. The highest BCUT2D eigenvalue weighted by Crippen LogP contribution is 2.27. The normalized spacial score (nSPS) is 22.6. The molecule has 2 aliphatic heterocycles. The lowest BCUT2D eigenvalue weighted by molar-refractivity contribution is 0.00979. The molecule has 0 atom stereocenters. The Labute approximate surface area is 113 Å². The van der Waals surface area contributed by atoms with Gasteiger partial charge in [-0.25, -0.2) is 0 Å². The van der Waals surface area contributed by atoms with Gasteiger partial charge in [0.05, 0.1) is 13.2 Å². The van der Waals surface area contributed by atoms with E-state index in [1.165, 1.54) is 0 Å². The summed E-state index contributed by atoms with van der Waals surface area (Å²) in [6.45, 7) is 12.0. The highest BCUT2D eigenvalue weighted by Gasteiger charge is 2.35. The maximum atomic E-state index is 5.75. The third-order valence-electron chi connectivity index (χ3n) is 3.75. The monoisotopic (exact) mass is 266 g/mol. The Balaban J connectivity index is 1.56. The van der Waals surface area contributed by atoms with Crippen molar-refractivity contribution >= 4 is 6.01 Å². The van der Waals surface area contributed by atoms with Gasteiger partial charge in [0.2, 0.25) is 5.89 Å². The minimum absolute atomic E-state index is 0.0836. The van der Waals surface area contributed by atoms with Crippen LogP contribution in [-0.2, 0) is 10.2 Å². The van der Waals surface area contributed by atoms with Crippen molar-refractivity contribution in [3.05, 3.63) is 5.89 Å². The molecule has 2 fully saturated rings. The first kappa shape index (κ1) is 12.9. The van der Waals surface area contributed by atoms with Gasteiger partial charge in [-0.05, 0) is 0 Å². The maximum absolute atomic E-state index is 5.75. The van der Waals surface area contributed by atoms with Crippen LogP contribution in [-0.4, -0.2) is 60.5 Å². The molecule has 1 aromatic heterocycles. The van der Waals surface area contributed by atoms with E-state index in [0.717, 1.165) is 39.4 Å². The average Bonchev–Trinajstić information content (AvgIpc) is 2.77. The predicted molar refractivity (Wildman–Crippen MR) is 71.4 cm³/mol. The first-order chi connectivity index (χ1) is 9.04. The second-order valence-electron chi connectivity index (χ2n) is 6.35. The summed E-state index contributed by atoms with van der Waals surface area (Å²) in [7, 11) is 0. The van der Waals surface area contributed by atoms with E-state index in [4.69, 9.17) is 9.15 Å². The van der Waals surface area contributed by atoms with Crippen molar-refractivity contribution in [1.82, 2.24) is 15.1 Å². The van der Waals surface area contributed by atoms with Crippen LogP contribution < -0.4 is 4.90 Å². The van der Waals surface area contributed by atoms with Crippen LogP contribution in [0.3, 0.4) is 0 Å². The standard InChI is InChI=1S/C13H22N4O2/c1-13(2,3)11-14-15-12(19-11)17-8-10(9-17)16-4-6-18-7-5-16/h10H,4-9H2,1-3H3. The fraction of sp³-hybridized carbons (Fsp3) is 0.846. The minimum Gasteiger partial charge on any atom is -0.407 e. The molecule has 3 heterocycles. The number of hydrogen-bond donors (Lipinski definition) is 0. The summed E-state index contributed by atoms with van der Waals surface area (Å²) in [5.41, 5.74) is -0.0836. The molecule has 0 saturated carbocycles. The molecule has 2 saturated heterocycles. The van der Waals surface area contributed by atoms with Crippen LogP contribution in [0.1, 0.15) is 26.7 Å². The van der Waals surface area contributed by atoms with Crippen LogP contribution in [0.2, 0.25) is 0 Å². The maximum Gasteiger partial charge on any atom is 0.318 e. The second-order valence-corrected chi connectivity index (χ2v) is 6.35. The van der Waals surface area contributed by atoms with Gasteiger partial charge in [0.1, 0.15) is 0 Å². The number of anilines is 1. The molecule has 3 rings (SSSR count). The van der Waals surface area contributed by atoms with Gasteiger partial charge in [-0.2, -0.15) is 0 Å². The first-order valence-electron chi connectivity index (χ1n) is 6.95. The number of ether oxygens (including phenoxy) is 1. The largest absolute Gasteiger partial charge is 0.407 e. The van der Waals surface area contributed by atoms with Gasteiger partial charge in [-0.1, -0.05) is 25.9 Å². The summed E-state index contributed by atoms with van der Waals surface area (Å²) in [6, 6.07) is 1.27. The second kappa shape index (κ2) is 4.76. The van der Waals surface area contributed by atoms with Crippen molar-refractivity contribution in [2.75, 3.05) is 44.3 Å². The molecular weight excluding hydrogens is 244 g/mol. The van der Waals surface area contributed by atoms with E-state index in [-0.39, 0.29) is 5.41 Å². The van der Waals surface area contributed by atoms with E-state index in [1.807, 2.05) is 0 Å². The molecule has 0 aromatic carbocycles. The first-order valence-corrected chi connectivity index (χ1v) is 6.95. The number of morpholine rings is 1.